The SMILES string of the molecule is CCc1cc2cc(C(=N)N)ccc2o1. The molecule has 2 rings (SSSR count). The summed E-state index contributed by atoms with van der Waals surface area (Å²) in [5.41, 5.74) is 6.99. The van der Waals surface area contributed by atoms with Gasteiger partial charge in [0.25, 0.3) is 0 Å². The van der Waals surface area contributed by atoms with Crippen LogP contribution in [0.25, 0.3) is 11.0 Å². The maximum Gasteiger partial charge on any atom is 0.134 e. The normalized spacial score (nSPS) is 10.6. The van der Waals surface area contributed by atoms with Gasteiger partial charge in [-0.1, -0.05) is 6.92 Å². The Morgan fingerprint density at radius 1 is 1.43 bits per heavy atom. The molecule has 0 aliphatic heterocycles. The summed E-state index contributed by atoms with van der Waals surface area (Å²) in [7, 11) is 0. The first-order valence-corrected chi connectivity index (χ1v) is 4.57. The molecule has 0 unspecified atom stereocenters. The number of benzene rings is 1. The van der Waals surface area contributed by atoms with E-state index in [4.69, 9.17) is 15.6 Å². The molecule has 0 aliphatic carbocycles. The van der Waals surface area contributed by atoms with Crippen LogP contribution in [0.2, 0.25) is 0 Å². The van der Waals surface area contributed by atoms with Crippen molar-refractivity contribution in [3.63, 3.8) is 0 Å². The molecule has 2 aromatic rings. The third-order valence-electron chi connectivity index (χ3n) is 2.23. The molecule has 0 bridgehead atoms. The molecule has 0 radical (unpaired) electrons. The third-order valence-corrected chi connectivity index (χ3v) is 2.23. The third kappa shape index (κ3) is 1.37. The highest BCUT2D eigenvalue weighted by atomic mass is 16.3. The first-order chi connectivity index (χ1) is 6.70. The van der Waals surface area contributed by atoms with Gasteiger partial charge in [0.15, 0.2) is 0 Å². The van der Waals surface area contributed by atoms with Crippen molar-refractivity contribution in [3.8, 4) is 0 Å². The van der Waals surface area contributed by atoms with Crippen LogP contribution in [0.3, 0.4) is 0 Å². The number of rotatable bonds is 2. The Balaban J connectivity index is 2.59. The molecule has 0 saturated heterocycles. The first-order valence-electron chi connectivity index (χ1n) is 4.57. The lowest BCUT2D eigenvalue weighted by molar-refractivity contribution is 0.557. The molecule has 0 saturated carbocycles. The van der Waals surface area contributed by atoms with Gasteiger partial charge in [-0.25, -0.2) is 0 Å². The van der Waals surface area contributed by atoms with E-state index < -0.39 is 0 Å². The van der Waals surface area contributed by atoms with E-state index in [2.05, 4.69) is 0 Å². The maximum absolute atomic E-state index is 7.31. The van der Waals surface area contributed by atoms with E-state index in [1.54, 1.807) is 6.07 Å². The van der Waals surface area contributed by atoms with Crippen LogP contribution >= 0.6 is 0 Å². The molecule has 1 heterocycles. The zero-order chi connectivity index (χ0) is 10.1. The van der Waals surface area contributed by atoms with E-state index in [1.165, 1.54) is 0 Å². The molecule has 1 aromatic carbocycles. The summed E-state index contributed by atoms with van der Waals surface area (Å²) in [6, 6.07) is 7.51. The lowest BCUT2D eigenvalue weighted by atomic mass is 10.1. The first kappa shape index (κ1) is 8.81. The number of hydrogen-bond donors (Lipinski definition) is 2. The van der Waals surface area contributed by atoms with Gasteiger partial charge in [-0.05, 0) is 24.3 Å². The number of nitrogens with one attached hydrogen (secondary N) is 1. The number of hydrogen-bond acceptors (Lipinski definition) is 2. The van der Waals surface area contributed by atoms with Gasteiger partial charge >= 0.3 is 0 Å². The monoisotopic (exact) mass is 188 g/mol. The van der Waals surface area contributed by atoms with E-state index >= 15 is 0 Å². The molecule has 0 aliphatic rings. The summed E-state index contributed by atoms with van der Waals surface area (Å²) in [6.45, 7) is 2.05. The predicted molar refractivity (Wildman–Crippen MR) is 56.6 cm³/mol. The Bertz CT molecular complexity index is 485. The maximum atomic E-state index is 7.31. The molecule has 0 amide bonds. The van der Waals surface area contributed by atoms with Crippen molar-refractivity contribution in [3.05, 3.63) is 35.6 Å². The minimum atomic E-state index is 0.0890. The Hall–Kier alpha value is -1.77. The van der Waals surface area contributed by atoms with Crippen molar-refractivity contribution < 1.29 is 4.42 Å². The zero-order valence-electron chi connectivity index (χ0n) is 8.00. The van der Waals surface area contributed by atoms with Gasteiger partial charge in [-0.2, -0.15) is 0 Å². The van der Waals surface area contributed by atoms with Gasteiger partial charge in [-0.15, -0.1) is 0 Å². The number of amidine groups is 1. The molecular formula is C11H12N2O. The van der Waals surface area contributed by atoms with Gasteiger partial charge in [0.2, 0.25) is 0 Å². The van der Waals surface area contributed by atoms with Gasteiger partial charge in [0.05, 0.1) is 0 Å². The molecule has 0 spiro atoms. The Labute approximate surface area is 82.0 Å². The molecule has 14 heavy (non-hydrogen) atoms. The second-order valence-corrected chi connectivity index (χ2v) is 3.23. The van der Waals surface area contributed by atoms with Crippen molar-refractivity contribution in [2.24, 2.45) is 5.73 Å². The van der Waals surface area contributed by atoms with Crippen molar-refractivity contribution >= 4 is 16.8 Å². The molecule has 0 fully saturated rings. The quantitative estimate of drug-likeness (QED) is 0.561. The summed E-state index contributed by atoms with van der Waals surface area (Å²) in [5, 5.41) is 8.32. The fourth-order valence-electron chi connectivity index (χ4n) is 1.44. The standard InChI is InChI=1S/C11H12N2O/c1-2-9-6-8-5-7(11(12)13)3-4-10(8)14-9/h3-6H,2H2,1H3,(H3,12,13). The molecular weight excluding hydrogens is 176 g/mol. The van der Waals surface area contributed by atoms with Gasteiger partial charge in [0.1, 0.15) is 17.2 Å². The van der Waals surface area contributed by atoms with Crippen molar-refractivity contribution in [1.82, 2.24) is 0 Å². The zero-order valence-corrected chi connectivity index (χ0v) is 8.00. The van der Waals surface area contributed by atoms with E-state index in [9.17, 15) is 0 Å². The molecule has 72 valence electrons. The summed E-state index contributed by atoms with van der Waals surface area (Å²) in [6.07, 6.45) is 0.879. The van der Waals surface area contributed by atoms with E-state index in [1.807, 2.05) is 25.1 Å². The Kier molecular flexibility index (Phi) is 2.00. The van der Waals surface area contributed by atoms with Crippen LogP contribution < -0.4 is 5.73 Å². The van der Waals surface area contributed by atoms with Crippen molar-refractivity contribution in [1.29, 1.82) is 5.41 Å². The molecule has 1 aromatic heterocycles. The average molecular weight is 188 g/mol. The van der Waals surface area contributed by atoms with E-state index in [0.717, 1.165) is 28.7 Å². The van der Waals surface area contributed by atoms with E-state index in [0.29, 0.717) is 0 Å². The van der Waals surface area contributed by atoms with Crippen LogP contribution in [0, 0.1) is 5.41 Å². The number of aryl methyl sites for hydroxylation is 1. The smallest absolute Gasteiger partial charge is 0.134 e. The minimum absolute atomic E-state index is 0.0890. The van der Waals surface area contributed by atoms with Gasteiger partial charge < -0.3 is 10.2 Å². The second-order valence-electron chi connectivity index (χ2n) is 3.23. The molecule has 3 nitrogen and oxygen atoms in total. The Morgan fingerprint density at radius 3 is 2.86 bits per heavy atom. The summed E-state index contributed by atoms with van der Waals surface area (Å²) < 4.78 is 5.54. The second kappa shape index (κ2) is 3.18. The Morgan fingerprint density at radius 2 is 2.21 bits per heavy atom. The highest BCUT2D eigenvalue weighted by molar-refractivity contribution is 5.98. The van der Waals surface area contributed by atoms with Gasteiger partial charge in [-0.3, -0.25) is 5.41 Å². The number of nitrogen functional groups attached to an aromatic ring is 1. The van der Waals surface area contributed by atoms with Crippen LogP contribution in [0.15, 0.2) is 28.7 Å². The van der Waals surface area contributed by atoms with Crippen LogP contribution in [0.4, 0.5) is 0 Å². The number of fused-ring (bicyclic) bond motifs is 1. The van der Waals surface area contributed by atoms with Crippen LogP contribution in [0.1, 0.15) is 18.2 Å². The molecule has 3 heteroatoms. The van der Waals surface area contributed by atoms with E-state index in [-0.39, 0.29) is 5.84 Å². The highest BCUT2D eigenvalue weighted by Crippen LogP contribution is 2.20. The topological polar surface area (TPSA) is 63.0 Å². The number of nitrogens with two attached hydrogens (primary N) is 1. The molecule has 3 N–H and O–H groups in total. The van der Waals surface area contributed by atoms with Crippen molar-refractivity contribution in [2.75, 3.05) is 0 Å². The summed E-state index contributed by atoms with van der Waals surface area (Å²) in [5.74, 6) is 1.05. The highest BCUT2D eigenvalue weighted by Gasteiger charge is 2.03. The van der Waals surface area contributed by atoms with Crippen LogP contribution in [-0.4, -0.2) is 5.84 Å². The largest absolute Gasteiger partial charge is 0.461 e. The fraction of sp³-hybridized carbons (Fsp3) is 0.182. The van der Waals surface area contributed by atoms with Gasteiger partial charge in [0, 0.05) is 17.4 Å². The molecule has 0 atom stereocenters. The predicted octanol–water partition coefficient (Wildman–Crippen LogP) is 2.28. The summed E-state index contributed by atoms with van der Waals surface area (Å²) >= 11 is 0. The van der Waals surface area contributed by atoms with Crippen LogP contribution in [-0.2, 0) is 6.42 Å². The number of furan rings is 1. The lowest BCUT2D eigenvalue weighted by Gasteiger charge is -1.95. The van der Waals surface area contributed by atoms with Crippen LogP contribution in [0.5, 0.6) is 0 Å². The lowest BCUT2D eigenvalue weighted by Crippen LogP contribution is -2.10. The average Bonchev–Trinajstić information content (AvgIpc) is 2.58. The van der Waals surface area contributed by atoms with Crippen molar-refractivity contribution in [2.45, 2.75) is 13.3 Å². The fourth-order valence-corrected chi connectivity index (χ4v) is 1.44. The minimum Gasteiger partial charge on any atom is -0.461 e. The summed E-state index contributed by atoms with van der Waals surface area (Å²) in [4.78, 5) is 0.